The van der Waals surface area contributed by atoms with Gasteiger partial charge < -0.3 is 5.73 Å². The van der Waals surface area contributed by atoms with E-state index in [1.165, 1.54) is 31.2 Å². The van der Waals surface area contributed by atoms with Crippen molar-refractivity contribution in [2.45, 2.75) is 44.3 Å². The lowest BCUT2D eigenvalue weighted by Crippen LogP contribution is -2.43. The van der Waals surface area contributed by atoms with E-state index in [0.717, 1.165) is 31.1 Å². The van der Waals surface area contributed by atoms with Crippen molar-refractivity contribution < 1.29 is 0 Å². The fourth-order valence-electron chi connectivity index (χ4n) is 3.63. The van der Waals surface area contributed by atoms with E-state index in [0.29, 0.717) is 0 Å². The molecule has 2 saturated heterocycles. The maximum absolute atomic E-state index is 5.83. The van der Waals surface area contributed by atoms with Crippen LogP contribution in [0.3, 0.4) is 0 Å². The van der Waals surface area contributed by atoms with E-state index in [9.17, 15) is 0 Å². The van der Waals surface area contributed by atoms with E-state index in [-0.39, 0.29) is 0 Å². The van der Waals surface area contributed by atoms with Gasteiger partial charge in [0, 0.05) is 18.6 Å². The molecule has 2 bridgehead atoms. The molecule has 1 aromatic carbocycles. The molecule has 0 amide bonds. The molecular formula is C15H22N2. The molecule has 0 unspecified atom stereocenters. The summed E-state index contributed by atoms with van der Waals surface area (Å²) in [4.78, 5) is 2.72. The van der Waals surface area contributed by atoms with E-state index in [1.807, 2.05) is 0 Å². The minimum Gasteiger partial charge on any atom is -0.330 e. The summed E-state index contributed by atoms with van der Waals surface area (Å²) in [5.41, 5.74) is 7.29. The molecule has 0 saturated carbocycles. The largest absolute Gasteiger partial charge is 0.330 e. The van der Waals surface area contributed by atoms with Crippen LogP contribution in [0.25, 0.3) is 0 Å². The molecule has 2 aliphatic rings. The second-order valence-electron chi connectivity index (χ2n) is 5.62. The summed E-state index contributed by atoms with van der Waals surface area (Å²) in [6, 6.07) is 12.5. The fourth-order valence-corrected chi connectivity index (χ4v) is 3.63. The van der Waals surface area contributed by atoms with E-state index >= 15 is 0 Å². The van der Waals surface area contributed by atoms with Gasteiger partial charge >= 0.3 is 0 Å². The quantitative estimate of drug-likeness (QED) is 0.864. The van der Waals surface area contributed by atoms with Crippen LogP contribution in [0.2, 0.25) is 0 Å². The molecular weight excluding hydrogens is 208 g/mol. The lowest BCUT2D eigenvalue weighted by atomic mass is 9.90. The number of fused-ring (bicyclic) bond motifs is 2. The monoisotopic (exact) mass is 230 g/mol. The first-order valence-electron chi connectivity index (χ1n) is 6.86. The van der Waals surface area contributed by atoms with Gasteiger partial charge in [0.1, 0.15) is 0 Å². The number of hydrogen-bond donors (Lipinski definition) is 1. The molecule has 0 spiro atoms. The topological polar surface area (TPSA) is 29.3 Å². The van der Waals surface area contributed by atoms with Crippen molar-refractivity contribution in [3.8, 4) is 0 Å². The van der Waals surface area contributed by atoms with Gasteiger partial charge in [0.05, 0.1) is 0 Å². The highest BCUT2D eigenvalue weighted by atomic mass is 15.2. The van der Waals surface area contributed by atoms with Gasteiger partial charge in [-0.1, -0.05) is 30.3 Å². The van der Waals surface area contributed by atoms with Crippen LogP contribution in [-0.4, -0.2) is 23.5 Å². The average Bonchev–Trinajstić information content (AvgIpc) is 2.63. The van der Waals surface area contributed by atoms with Gasteiger partial charge in [-0.3, -0.25) is 4.90 Å². The molecule has 92 valence electrons. The van der Waals surface area contributed by atoms with Crippen LogP contribution >= 0.6 is 0 Å². The summed E-state index contributed by atoms with van der Waals surface area (Å²) in [6.45, 7) is 2.01. The molecule has 0 aliphatic carbocycles. The van der Waals surface area contributed by atoms with Gasteiger partial charge in [-0.25, -0.2) is 0 Å². The van der Waals surface area contributed by atoms with Crippen LogP contribution in [0, 0.1) is 5.92 Å². The first-order valence-corrected chi connectivity index (χ1v) is 6.86. The Hall–Kier alpha value is -0.860. The Morgan fingerprint density at radius 3 is 2.29 bits per heavy atom. The molecule has 2 fully saturated rings. The van der Waals surface area contributed by atoms with Crippen LogP contribution in [0.15, 0.2) is 30.3 Å². The maximum Gasteiger partial charge on any atom is 0.0239 e. The number of benzene rings is 1. The van der Waals surface area contributed by atoms with Crippen LogP contribution < -0.4 is 5.73 Å². The Labute approximate surface area is 104 Å². The van der Waals surface area contributed by atoms with Gasteiger partial charge in [0.25, 0.3) is 0 Å². The second kappa shape index (κ2) is 4.79. The Morgan fingerprint density at radius 2 is 1.71 bits per heavy atom. The fraction of sp³-hybridized carbons (Fsp3) is 0.600. The predicted octanol–water partition coefficient (Wildman–Crippen LogP) is 2.39. The molecule has 2 heteroatoms. The standard InChI is InChI=1S/C15H22N2/c16-10-13-8-14-6-7-15(9-13)17(14)11-12-4-2-1-3-5-12/h1-5,13-15H,6-11,16H2/t13-,14-,15+. The van der Waals surface area contributed by atoms with Crippen LogP contribution in [-0.2, 0) is 6.54 Å². The lowest BCUT2D eigenvalue weighted by Gasteiger charge is -2.38. The summed E-state index contributed by atoms with van der Waals surface area (Å²) in [5, 5.41) is 0. The molecule has 2 aliphatic heterocycles. The lowest BCUT2D eigenvalue weighted by molar-refractivity contribution is 0.0988. The van der Waals surface area contributed by atoms with Crippen LogP contribution in [0.4, 0.5) is 0 Å². The van der Waals surface area contributed by atoms with Crippen molar-refractivity contribution in [3.63, 3.8) is 0 Å². The third kappa shape index (κ3) is 2.24. The van der Waals surface area contributed by atoms with Crippen molar-refractivity contribution in [2.75, 3.05) is 6.54 Å². The van der Waals surface area contributed by atoms with E-state index in [1.54, 1.807) is 0 Å². The van der Waals surface area contributed by atoms with Gasteiger partial charge in [0.2, 0.25) is 0 Å². The number of piperidine rings is 1. The maximum atomic E-state index is 5.83. The first-order chi connectivity index (χ1) is 8.36. The number of rotatable bonds is 3. The van der Waals surface area contributed by atoms with Crippen molar-refractivity contribution in [1.29, 1.82) is 0 Å². The van der Waals surface area contributed by atoms with Gasteiger partial charge in [-0.05, 0) is 43.7 Å². The van der Waals surface area contributed by atoms with Crippen molar-refractivity contribution >= 4 is 0 Å². The van der Waals surface area contributed by atoms with Crippen molar-refractivity contribution in [1.82, 2.24) is 4.90 Å². The molecule has 3 atom stereocenters. The highest BCUT2D eigenvalue weighted by Gasteiger charge is 2.39. The average molecular weight is 230 g/mol. The van der Waals surface area contributed by atoms with Crippen LogP contribution in [0.1, 0.15) is 31.2 Å². The predicted molar refractivity (Wildman–Crippen MR) is 70.6 cm³/mol. The molecule has 0 aromatic heterocycles. The zero-order chi connectivity index (χ0) is 11.7. The minimum atomic E-state index is 0.777. The van der Waals surface area contributed by atoms with Crippen molar-refractivity contribution in [2.24, 2.45) is 11.7 Å². The smallest absolute Gasteiger partial charge is 0.0239 e. The van der Waals surface area contributed by atoms with E-state index < -0.39 is 0 Å². The number of hydrogen-bond acceptors (Lipinski definition) is 2. The molecule has 2 nitrogen and oxygen atoms in total. The summed E-state index contributed by atoms with van der Waals surface area (Å²) < 4.78 is 0. The summed E-state index contributed by atoms with van der Waals surface area (Å²) in [6.07, 6.45) is 5.40. The zero-order valence-electron chi connectivity index (χ0n) is 10.4. The van der Waals surface area contributed by atoms with Crippen LogP contribution in [0.5, 0.6) is 0 Å². The Kier molecular flexibility index (Phi) is 3.17. The molecule has 3 rings (SSSR count). The molecule has 1 aromatic rings. The molecule has 17 heavy (non-hydrogen) atoms. The molecule has 2 heterocycles. The van der Waals surface area contributed by atoms with Gasteiger partial charge in [0.15, 0.2) is 0 Å². The normalized spacial score (nSPS) is 32.9. The second-order valence-corrected chi connectivity index (χ2v) is 5.62. The zero-order valence-corrected chi connectivity index (χ0v) is 10.4. The Balaban J connectivity index is 1.69. The Bertz CT molecular complexity index is 348. The summed E-state index contributed by atoms with van der Waals surface area (Å²) in [5.74, 6) is 0.777. The molecule has 0 radical (unpaired) electrons. The highest BCUT2D eigenvalue weighted by molar-refractivity contribution is 5.15. The summed E-state index contributed by atoms with van der Waals surface area (Å²) in [7, 11) is 0. The van der Waals surface area contributed by atoms with E-state index in [2.05, 4.69) is 35.2 Å². The third-order valence-corrected chi connectivity index (χ3v) is 4.52. The van der Waals surface area contributed by atoms with Gasteiger partial charge in [-0.15, -0.1) is 0 Å². The molecule has 2 N–H and O–H groups in total. The Morgan fingerprint density at radius 1 is 1.06 bits per heavy atom. The van der Waals surface area contributed by atoms with Gasteiger partial charge in [-0.2, -0.15) is 0 Å². The number of nitrogens with zero attached hydrogens (tertiary/aromatic N) is 1. The minimum absolute atomic E-state index is 0.777. The van der Waals surface area contributed by atoms with Crippen molar-refractivity contribution in [3.05, 3.63) is 35.9 Å². The SMILES string of the molecule is NC[C@@H]1C[C@H]2CC[C@@H](C1)N2Cc1ccccc1. The summed E-state index contributed by atoms with van der Waals surface area (Å²) >= 11 is 0. The van der Waals surface area contributed by atoms with E-state index in [4.69, 9.17) is 5.73 Å². The first kappa shape index (κ1) is 11.2. The third-order valence-electron chi connectivity index (χ3n) is 4.52. The highest BCUT2D eigenvalue weighted by Crippen LogP contribution is 2.39. The number of nitrogens with two attached hydrogens (primary N) is 1.